The summed E-state index contributed by atoms with van der Waals surface area (Å²) in [5.41, 5.74) is 4.39. The molecular formula is C18H18O3. The lowest BCUT2D eigenvalue weighted by Gasteiger charge is -2.38. The molecule has 0 aliphatic carbocycles. The molecule has 3 atom stereocenters. The normalized spacial score (nSPS) is 33.8. The van der Waals surface area contributed by atoms with E-state index >= 15 is 0 Å². The summed E-state index contributed by atoms with van der Waals surface area (Å²) in [6.45, 7) is 6.10. The van der Waals surface area contributed by atoms with Gasteiger partial charge in [-0.05, 0) is 19.4 Å². The summed E-state index contributed by atoms with van der Waals surface area (Å²) in [6, 6.07) is 16.4. The van der Waals surface area contributed by atoms with Crippen LogP contribution in [0.5, 0.6) is 0 Å². The Hall–Kier alpha value is -1.68. The molecule has 2 aromatic carbocycles. The van der Waals surface area contributed by atoms with Gasteiger partial charge in [0.1, 0.15) is 0 Å². The number of hydrogen-bond donors (Lipinski definition) is 0. The summed E-state index contributed by atoms with van der Waals surface area (Å²) in [7, 11) is 0. The minimum atomic E-state index is -0.967. The maximum atomic E-state index is 6.29. The summed E-state index contributed by atoms with van der Waals surface area (Å²) in [6.07, 6.45) is 0. The van der Waals surface area contributed by atoms with Crippen LogP contribution in [-0.4, -0.2) is 5.79 Å². The molecule has 21 heavy (non-hydrogen) atoms. The van der Waals surface area contributed by atoms with Crippen LogP contribution in [0.3, 0.4) is 0 Å². The molecule has 0 N–H and O–H groups in total. The molecule has 2 bridgehead atoms. The number of benzene rings is 2. The summed E-state index contributed by atoms with van der Waals surface area (Å²) in [5.74, 6) is -1.63. The van der Waals surface area contributed by atoms with Crippen molar-refractivity contribution in [3.63, 3.8) is 0 Å². The molecular weight excluding hydrogens is 264 g/mol. The van der Waals surface area contributed by atoms with Crippen LogP contribution in [0.4, 0.5) is 0 Å². The number of fused-ring (bicyclic) bond motifs is 4. The fourth-order valence-corrected chi connectivity index (χ4v) is 3.21. The molecule has 108 valence electrons. The largest absolute Gasteiger partial charge is 0.304 e. The van der Waals surface area contributed by atoms with E-state index in [-0.39, 0.29) is 5.92 Å². The zero-order chi connectivity index (χ0) is 14.7. The smallest absolute Gasteiger partial charge is 0.257 e. The first kappa shape index (κ1) is 13.0. The predicted octanol–water partition coefficient (Wildman–Crippen LogP) is 4.01. The van der Waals surface area contributed by atoms with Gasteiger partial charge in [0.15, 0.2) is 0 Å². The van der Waals surface area contributed by atoms with E-state index in [0.717, 1.165) is 11.1 Å². The molecule has 0 aromatic heterocycles. The van der Waals surface area contributed by atoms with Crippen LogP contribution in [0, 0.1) is 6.92 Å². The summed E-state index contributed by atoms with van der Waals surface area (Å²) in [5, 5.41) is 0. The third-order valence-electron chi connectivity index (χ3n) is 4.67. The molecule has 1 unspecified atom stereocenters. The van der Waals surface area contributed by atoms with Crippen molar-refractivity contribution in [3.8, 4) is 0 Å². The van der Waals surface area contributed by atoms with Crippen molar-refractivity contribution in [3.05, 3.63) is 70.8 Å². The van der Waals surface area contributed by atoms with E-state index in [2.05, 4.69) is 38.1 Å². The van der Waals surface area contributed by atoms with E-state index < -0.39 is 11.6 Å². The fourth-order valence-electron chi connectivity index (χ4n) is 3.21. The maximum absolute atomic E-state index is 6.29. The highest BCUT2D eigenvalue weighted by atomic mass is 17.3. The Morgan fingerprint density at radius 1 is 0.952 bits per heavy atom. The topological polar surface area (TPSA) is 27.7 Å². The van der Waals surface area contributed by atoms with Crippen LogP contribution in [0.15, 0.2) is 48.5 Å². The van der Waals surface area contributed by atoms with Crippen LogP contribution in [-0.2, 0) is 20.3 Å². The number of rotatable bonds is 1. The molecule has 1 fully saturated rings. The second-order valence-corrected chi connectivity index (χ2v) is 6.08. The average molecular weight is 282 g/mol. The molecule has 0 radical (unpaired) electrons. The van der Waals surface area contributed by atoms with Gasteiger partial charge in [-0.1, -0.05) is 61.0 Å². The SMILES string of the molecule is Cc1ccc([C@]23OO[C@](C)(O2)C(C)c2ccccc23)cc1. The Morgan fingerprint density at radius 3 is 2.43 bits per heavy atom. The van der Waals surface area contributed by atoms with Crippen LogP contribution >= 0.6 is 0 Å². The average Bonchev–Trinajstić information content (AvgIpc) is 2.84. The highest BCUT2D eigenvalue weighted by Crippen LogP contribution is 2.56. The fraction of sp³-hybridized carbons (Fsp3) is 0.333. The lowest BCUT2D eigenvalue weighted by atomic mass is 9.81. The van der Waals surface area contributed by atoms with Crippen molar-refractivity contribution in [1.29, 1.82) is 0 Å². The van der Waals surface area contributed by atoms with Gasteiger partial charge in [-0.3, -0.25) is 0 Å². The highest BCUT2D eigenvalue weighted by Gasteiger charge is 2.60. The predicted molar refractivity (Wildman–Crippen MR) is 78.5 cm³/mol. The lowest BCUT2D eigenvalue weighted by Crippen LogP contribution is -2.42. The monoisotopic (exact) mass is 282 g/mol. The van der Waals surface area contributed by atoms with E-state index in [1.807, 2.05) is 31.2 Å². The van der Waals surface area contributed by atoms with E-state index in [4.69, 9.17) is 14.5 Å². The quantitative estimate of drug-likeness (QED) is 0.740. The van der Waals surface area contributed by atoms with Crippen molar-refractivity contribution in [1.82, 2.24) is 0 Å². The third-order valence-corrected chi connectivity index (χ3v) is 4.67. The Balaban J connectivity index is 1.96. The molecule has 2 aliphatic rings. The van der Waals surface area contributed by atoms with Gasteiger partial charge in [0.25, 0.3) is 5.79 Å². The standard InChI is InChI=1S/C18H18O3/c1-12-8-10-14(11-9-12)18-16-7-5-4-6-15(16)13(2)17(3,19-18)20-21-18/h4-11,13H,1-3H3/t13?,17-,18+/m0/s1. The summed E-state index contributed by atoms with van der Waals surface area (Å²) >= 11 is 0. The number of hydrogen-bond acceptors (Lipinski definition) is 3. The zero-order valence-electron chi connectivity index (χ0n) is 12.4. The third kappa shape index (κ3) is 1.65. The lowest BCUT2D eigenvalue weighted by molar-refractivity contribution is -0.342. The minimum Gasteiger partial charge on any atom is -0.304 e. The van der Waals surface area contributed by atoms with Gasteiger partial charge < -0.3 is 4.74 Å². The molecule has 3 heteroatoms. The summed E-state index contributed by atoms with van der Waals surface area (Å²) < 4.78 is 6.29. The Kier molecular flexibility index (Phi) is 2.58. The van der Waals surface area contributed by atoms with Crippen LogP contribution < -0.4 is 0 Å². The highest BCUT2D eigenvalue weighted by molar-refractivity contribution is 5.44. The Morgan fingerprint density at radius 2 is 1.67 bits per heavy atom. The maximum Gasteiger partial charge on any atom is 0.257 e. The summed E-state index contributed by atoms with van der Waals surface area (Å²) in [4.78, 5) is 11.4. The van der Waals surface area contributed by atoms with E-state index in [0.29, 0.717) is 0 Å². The molecule has 0 amide bonds. The van der Waals surface area contributed by atoms with Crippen molar-refractivity contribution < 1.29 is 14.5 Å². The van der Waals surface area contributed by atoms with Crippen molar-refractivity contribution in [2.45, 2.75) is 38.3 Å². The first-order valence-electron chi connectivity index (χ1n) is 7.29. The number of ether oxygens (including phenoxy) is 1. The van der Waals surface area contributed by atoms with E-state index in [9.17, 15) is 0 Å². The van der Waals surface area contributed by atoms with Gasteiger partial charge in [0.05, 0.1) is 0 Å². The van der Waals surface area contributed by atoms with Crippen molar-refractivity contribution in [2.75, 3.05) is 0 Å². The first-order valence-corrected chi connectivity index (χ1v) is 7.29. The van der Waals surface area contributed by atoms with Gasteiger partial charge in [-0.25, -0.2) is 0 Å². The molecule has 3 nitrogen and oxygen atoms in total. The van der Waals surface area contributed by atoms with E-state index in [1.54, 1.807) is 0 Å². The second-order valence-electron chi connectivity index (χ2n) is 6.08. The zero-order valence-corrected chi connectivity index (χ0v) is 12.4. The van der Waals surface area contributed by atoms with Crippen LogP contribution in [0.25, 0.3) is 0 Å². The van der Waals surface area contributed by atoms with Crippen LogP contribution in [0.2, 0.25) is 0 Å². The van der Waals surface area contributed by atoms with Gasteiger partial charge in [0.2, 0.25) is 5.79 Å². The van der Waals surface area contributed by atoms with Gasteiger partial charge in [-0.2, -0.15) is 9.78 Å². The molecule has 2 aliphatic heterocycles. The Bertz CT molecular complexity index is 694. The first-order chi connectivity index (χ1) is 10.1. The van der Waals surface area contributed by atoms with E-state index in [1.165, 1.54) is 11.1 Å². The second kappa shape index (κ2) is 4.17. The minimum absolute atomic E-state index is 0.106. The molecule has 0 saturated carbocycles. The Labute approximate surface area is 124 Å². The molecule has 2 aromatic rings. The van der Waals surface area contributed by atoms with Crippen molar-refractivity contribution >= 4 is 0 Å². The van der Waals surface area contributed by atoms with Gasteiger partial charge in [-0.15, -0.1) is 0 Å². The number of aryl methyl sites for hydroxylation is 1. The van der Waals surface area contributed by atoms with Gasteiger partial charge in [0, 0.05) is 17.0 Å². The molecule has 2 heterocycles. The van der Waals surface area contributed by atoms with Crippen LogP contribution in [0.1, 0.15) is 42.0 Å². The molecule has 4 rings (SSSR count). The van der Waals surface area contributed by atoms with Gasteiger partial charge >= 0.3 is 0 Å². The van der Waals surface area contributed by atoms with Crippen molar-refractivity contribution in [2.24, 2.45) is 0 Å². The molecule has 0 spiro atoms. The molecule has 1 saturated heterocycles.